The normalized spacial score (nSPS) is 30.7. The van der Waals surface area contributed by atoms with E-state index in [0.717, 1.165) is 0 Å². The number of rotatable bonds is 5. The molecule has 19 heavy (non-hydrogen) atoms. The summed E-state index contributed by atoms with van der Waals surface area (Å²) in [6.07, 6.45) is -2.44. The van der Waals surface area contributed by atoms with Crippen LogP contribution in [0.5, 0.6) is 0 Å². The lowest BCUT2D eigenvalue weighted by molar-refractivity contribution is -0.228. The number of carbonyl (C=O) groups is 2. The van der Waals surface area contributed by atoms with Gasteiger partial charge < -0.3 is 23.7 Å². The highest BCUT2D eigenvalue weighted by molar-refractivity contribution is 5.67. The molecule has 0 bridgehead atoms. The van der Waals surface area contributed by atoms with Crippen LogP contribution in [0.2, 0.25) is 0 Å². The second kappa shape index (κ2) is 7.42. The van der Waals surface area contributed by atoms with E-state index in [1.807, 2.05) is 0 Å². The molecular weight excluding hydrogens is 256 g/mol. The quantitative estimate of drug-likeness (QED) is 0.649. The zero-order valence-electron chi connectivity index (χ0n) is 11.6. The summed E-state index contributed by atoms with van der Waals surface area (Å²) in [5.74, 6) is -0.953. The third-order valence-corrected chi connectivity index (χ3v) is 2.77. The Labute approximate surface area is 112 Å². The summed E-state index contributed by atoms with van der Waals surface area (Å²) < 4.78 is 26.2. The summed E-state index contributed by atoms with van der Waals surface area (Å²) in [5.41, 5.74) is 0. The molecule has 4 atom stereocenters. The van der Waals surface area contributed by atoms with Gasteiger partial charge >= 0.3 is 11.9 Å². The highest BCUT2D eigenvalue weighted by atomic mass is 16.6. The van der Waals surface area contributed by atoms with Gasteiger partial charge in [-0.25, -0.2) is 0 Å². The van der Waals surface area contributed by atoms with Gasteiger partial charge in [-0.2, -0.15) is 0 Å². The van der Waals surface area contributed by atoms with Gasteiger partial charge in [0.15, 0.2) is 12.2 Å². The molecule has 0 aromatic heterocycles. The molecule has 0 radical (unpaired) electrons. The van der Waals surface area contributed by atoms with Crippen LogP contribution in [0.1, 0.15) is 13.8 Å². The molecule has 1 heterocycles. The number of hydrogen-bond donors (Lipinski definition) is 0. The van der Waals surface area contributed by atoms with Crippen LogP contribution in [-0.2, 0) is 33.3 Å². The molecule has 0 amide bonds. The fourth-order valence-electron chi connectivity index (χ4n) is 2.01. The average molecular weight is 276 g/mol. The van der Waals surface area contributed by atoms with Crippen molar-refractivity contribution in [2.45, 2.75) is 38.3 Å². The Bertz CT molecular complexity index is 317. The second-order valence-corrected chi connectivity index (χ2v) is 4.25. The molecule has 0 aliphatic carbocycles. The van der Waals surface area contributed by atoms with Crippen molar-refractivity contribution in [1.82, 2.24) is 0 Å². The first-order valence-corrected chi connectivity index (χ1v) is 5.97. The molecule has 1 saturated heterocycles. The Morgan fingerprint density at radius 3 is 2.16 bits per heavy atom. The molecule has 7 nitrogen and oxygen atoms in total. The van der Waals surface area contributed by atoms with Gasteiger partial charge in [0.05, 0.1) is 13.2 Å². The minimum absolute atomic E-state index is 0.228. The maximum atomic E-state index is 11.2. The SMILES string of the molecule is COC[C@H]1OC[C@H](OC)[C@H](OC(C)=O)[C@H]1OC(C)=O. The van der Waals surface area contributed by atoms with Gasteiger partial charge in [0.1, 0.15) is 12.2 Å². The predicted molar refractivity (Wildman–Crippen MR) is 63.5 cm³/mol. The van der Waals surface area contributed by atoms with Crippen LogP contribution in [0, 0.1) is 0 Å². The van der Waals surface area contributed by atoms with Crippen LogP contribution >= 0.6 is 0 Å². The van der Waals surface area contributed by atoms with Gasteiger partial charge in [-0.05, 0) is 0 Å². The van der Waals surface area contributed by atoms with Gasteiger partial charge in [0.25, 0.3) is 0 Å². The summed E-state index contributed by atoms with van der Waals surface area (Å²) in [7, 11) is 2.99. The molecule has 0 N–H and O–H groups in total. The third-order valence-electron chi connectivity index (χ3n) is 2.77. The summed E-state index contributed by atoms with van der Waals surface area (Å²) in [4.78, 5) is 22.4. The predicted octanol–water partition coefficient (Wildman–Crippen LogP) is -0.0900. The van der Waals surface area contributed by atoms with Gasteiger partial charge in [0.2, 0.25) is 0 Å². The molecule has 7 heteroatoms. The molecule has 110 valence electrons. The fourth-order valence-corrected chi connectivity index (χ4v) is 2.01. The highest BCUT2D eigenvalue weighted by Crippen LogP contribution is 2.24. The summed E-state index contributed by atoms with van der Waals surface area (Å²) in [6, 6.07) is 0. The molecule has 0 aromatic carbocycles. The number of hydrogen-bond acceptors (Lipinski definition) is 7. The lowest BCUT2D eigenvalue weighted by atomic mass is 9.99. The summed E-state index contributed by atoms with van der Waals surface area (Å²) >= 11 is 0. The van der Waals surface area contributed by atoms with Crippen molar-refractivity contribution in [2.75, 3.05) is 27.4 Å². The zero-order valence-corrected chi connectivity index (χ0v) is 11.6. The molecule has 0 aromatic rings. The molecular formula is C12H20O7. The van der Waals surface area contributed by atoms with E-state index in [0.29, 0.717) is 0 Å². The Hall–Kier alpha value is -1.18. The number of ether oxygens (including phenoxy) is 5. The molecule has 0 unspecified atom stereocenters. The van der Waals surface area contributed by atoms with E-state index in [4.69, 9.17) is 23.7 Å². The van der Waals surface area contributed by atoms with E-state index in [1.54, 1.807) is 0 Å². The van der Waals surface area contributed by atoms with Crippen molar-refractivity contribution in [2.24, 2.45) is 0 Å². The van der Waals surface area contributed by atoms with Gasteiger partial charge in [0, 0.05) is 28.1 Å². The first-order valence-electron chi connectivity index (χ1n) is 5.97. The zero-order chi connectivity index (χ0) is 14.4. The van der Waals surface area contributed by atoms with Gasteiger partial charge in [-0.15, -0.1) is 0 Å². The Kier molecular flexibility index (Phi) is 6.20. The first-order chi connectivity index (χ1) is 8.99. The number of carbonyl (C=O) groups excluding carboxylic acids is 2. The van der Waals surface area contributed by atoms with Crippen molar-refractivity contribution in [3.63, 3.8) is 0 Å². The average Bonchev–Trinajstić information content (AvgIpc) is 2.32. The molecule has 0 spiro atoms. The standard InChI is InChI=1S/C12H20O7/c1-7(13)18-11-9(16-4)6-17-10(5-15-3)12(11)19-8(2)14/h9-12H,5-6H2,1-4H3/t9-,10+,11-,12-/m0/s1. The number of esters is 2. The number of methoxy groups -OCH3 is 2. The molecule has 1 aliphatic rings. The smallest absolute Gasteiger partial charge is 0.303 e. The molecule has 1 fully saturated rings. The van der Waals surface area contributed by atoms with Crippen molar-refractivity contribution in [3.05, 3.63) is 0 Å². The van der Waals surface area contributed by atoms with Gasteiger partial charge in [-0.1, -0.05) is 0 Å². The van der Waals surface area contributed by atoms with Crippen molar-refractivity contribution < 1.29 is 33.3 Å². The topological polar surface area (TPSA) is 80.3 Å². The maximum Gasteiger partial charge on any atom is 0.303 e. The monoisotopic (exact) mass is 276 g/mol. The Morgan fingerprint density at radius 1 is 1.11 bits per heavy atom. The van der Waals surface area contributed by atoms with E-state index < -0.39 is 36.4 Å². The van der Waals surface area contributed by atoms with E-state index in [9.17, 15) is 9.59 Å². The molecule has 0 saturated carbocycles. The highest BCUT2D eigenvalue weighted by Gasteiger charge is 2.45. The Balaban J connectivity index is 2.89. The fraction of sp³-hybridized carbons (Fsp3) is 0.833. The van der Waals surface area contributed by atoms with Crippen molar-refractivity contribution in [1.29, 1.82) is 0 Å². The third kappa shape index (κ3) is 4.45. The maximum absolute atomic E-state index is 11.2. The van der Waals surface area contributed by atoms with Crippen LogP contribution < -0.4 is 0 Å². The van der Waals surface area contributed by atoms with Crippen LogP contribution in [0.3, 0.4) is 0 Å². The van der Waals surface area contributed by atoms with Crippen LogP contribution in [-0.4, -0.2) is 63.8 Å². The molecule has 1 rings (SSSR count). The lowest BCUT2D eigenvalue weighted by Gasteiger charge is -2.40. The van der Waals surface area contributed by atoms with Crippen molar-refractivity contribution in [3.8, 4) is 0 Å². The van der Waals surface area contributed by atoms with E-state index in [1.165, 1.54) is 28.1 Å². The minimum Gasteiger partial charge on any atom is -0.456 e. The van der Waals surface area contributed by atoms with E-state index in [2.05, 4.69) is 0 Å². The largest absolute Gasteiger partial charge is 0.456 e. The van der Waals surface area contributed by atoms with Crippen LogP contribution in [0.25, 0.3) is 0 Å². The Morgan fingerprint density at radius 2 is 1.68 bits per heavy atom. The van der Waals surface area contributed by atoms with E-state index >= 15 is 0 Å². The summed E-state index contributed by atoms with van der Waals surface area (Å²) in [6.45, 7) is 3.04. The second-order valence-electron chi connectivity index (χ2n) is 4.25. The minimum atomic E-state index is -0.750. The van der Waals surface area contributed by atoms with Crippen LogP contribution in [0.4, 0.5) is 0 Å². The lowest BCUT2D eigenvalue weighted by Crippen LogP contribution is -2.58. The van der Waals surface area contributed by atoms with Crippen LogP contribution in [0.15, 0.2) is 0 Å². The van der Waals surface area contributed by atoms with Crippen molar-refractivity contribution >= 4 is 11.9 Å². The molecule has 1 aliphatic heterocycles. The summed E-state index contributed by atoms with van der Waals surface area (Å²) in [5, 5.41) is 0. The van der Waals surface area contributed by atoms with Gasteiger partial charge in [-0.3, -0.25) is 9.59 Å². The van der Waals surface area contributed by atoms with E-state index in [-0.39, 0.29) is 13.2 Å². The first kappa shape index (κ1) is 15.9.